The summed E-state index contributed by atoms with van der Waals surface area (Å²) in [5.41, 5.74) is 2.35. The smallest absolute Gasteiger partial charge is 0.0995 e. The number of nitrogens with zero attached hydrogens (tertiary/aromatic N) is 2. The Morgan fingerprint density at radius 3 is 2.80 bits per heavy atom. The second-order valence-corrected chi connectivity index (χ2v) is 6.15. The molecule has 3 heteroatoms. The molecule has 1 saturated carbocycles. The molecule has 0 radical (unpaired) electrons. The predicted octanol–water partition coefficient (Wildman–Crippen LogP) is 2.67. The number of nitriles is 1. The Kier molecular flexibility index (Phi) is 4.05. The van der Waals surface area contributed by atoms with Gasteiger partial charge in [0, 0.05) is 31.7 Å². The molecule has 0 amide bonds. The monoisotopic (exact) mass is 269 g/mol. The first-order chi connectivity index (χ1) is 9.84. The molecule has 1 aromatic rings. The normalized spacial score (nSPS) is 22.6. The number of benzene rings is 1. The Hall–Kier alpha value is -1.37. The summed E-state index contributed by atoms with van der Waals surface area (Å²) in [6.45, 7) is 4.20. The molecule has 106 valence electrons. The molecule has 2 aliphatic rings. The van der Waals surface area contributed by atoms with Gasteiger partial charge in [0.25, 0.3) is 0 Å². The average Bonchev–Trinajstić information content (AvgIpc) is 2.51. The van der Waals surface area contributed by atoms with Crippen molar-refractivity contribution in [2.24, 2.45) is 0 Å². The minimum absolute atomic E-state index is 0.332. The van der Waals surface area contributed by atoms with Crippen LogP contribution in [0.15, 0.2) is 24.3 Å². The van der Waals surface area contributed by atoms with Crippen molar-refractivity contribution >= 4 is 0 Å². The number of rotatable bonds is 2. The van der Waals surface area contributed by atoms with E-state index in [0.717, 1.165) is 31.7 Å². The molecule has 1 saturated heterocycles. The molecular weight excluding hydrogens is 246 g/mol. The molecule has 1 aliphatic carbocycles. The van der Waals surface area contributed by atoms with Crippen LogP contribution in [0.2, 0.25) is 0 Å². The molecule has 0 aromatic heterocycles. The topological polar surface area (TPSA) is 39.1 Å². The lowest BCUT2D eigenvalue weighted by atomic mass is 9.78. The lowest BCUT2D eigenvalue weighted by Crippen LogP contribution is -2.61. The molecule has 0 bridgehead atoms. The Morgan fingerprint density at radius 2 is 2.00 bits per heavy atom. The maximum Gasteiger partial charge on any atom is 0.0995 e. The highest BCUT2D eigenvalue weighted by molar-refractivity contribution is 5.37. The van der Waals surface area contributed by atoms with Gasteiger partial charge in [0.2, 0.25) is 0 Å². The van der Waals surface area contributed by atoms with Crippen LogP contribution in [0.25, 0.3) is 0 Å². The number of nitrogens with one attached hydrogen (secondary N) is 1. The zero-order valence-electron chi connectivity index (χ0n) is 12.1. The van der Waals surface area contributed by atoms with Gasteiger partial charge >= 0.3 is 0 Å². The summed E-state index contributed by atoms with van der Waals surface area (Å²) in [7, 11) is 0. The second-order valence-electron chi connectivity index (χ2n) is 6.15. The van der Waals surface area contributed by atoms with Gasteiger partial charge in [-0.3, -0.25) is 4.90 Å². The van der Waals surface area contributed by atoms with Gasteiger partial charge in [-0.15, -0.1) is 0 Å². The van der Waals surface area contributed by atoms with Gasteiger partial charge in [0.15, 0.2) is 0 Å². The van der Waals surface area contributed by atoms with E-state index in [9.17, 15) is 5.26 Å². The molecule has 1 N–H and O–H groups in total. The van der Waals surface area contributed by atoms with E-state index in [-0.39, 0.29) is 0 Å². The highest BCUT2D eigenvalue weighted by atomic mass is 15.3. The number of hydrogen-bond acceptors (Lipinski definition) is 3. The van der Waals surface area contributed by atoms with Gasteiger partial charge in [-0.05, 0) is 24.5 Å². The van der Waals surface area contributed by atoms with Crippen LogP contribution in [-0.2, 0) is 6.54 Å². The number of piperazine rings is 1. The van der Waals surface area contributed by atoms with Crippen LogP contribution in [0, 0.1) is 11.3 Å². The van der Waals surface area contributed by atoms with Gasteiger partial charge in [0.05, 0.1) is 11.6 Å². The molecule has 1 aliphatic heterocycles. The third kappa shape index (κ3) is 2.59. The Balaban J connectivity index is 1.82. The molecule has 3 rings (SSSR count). The van der Waals surface area contributed by atoms with E-state index >= 15 is 0 Å². The summed E-state index contributed by atoms with van der Waals surface area (Å²) >= 11 is 0. The van der Waals surface area contributed by atoms with Gasteiger partial charge in [-0.25, -0.2) is 0 Å². The van der Waals surface area contributed by atoms with Gasteiger partial charge in [0.1, 0.15) is 0 Å². The molecule has 20 heavy (non-hydrogen) atoms. The van der Waals surface area contributed by atoms with Crippen molar-refractivity contribution in [1.82, 2.24) is 10.2 Å². The quantitative estimate of drug-likeness (QED) is 0.897. The van der Waals surface area contributed by atoms with Crippen LogP contribution >= 0.6 is 0 Å². The minimum Gasteiger partial charge on any atom is -0.314 e. The lowest BCUT2D eigenvalue weighted by Gasteiger charge is -2.50. The van der Waals surface area contributed by atoms with Crippen LogP contribution in [0.3, 0.4) is 0 Å². The molecule has 1 heterocycles. The van der Waals surface area contributed by atoms with E-state index in [0.29, 0.717) is 5.54 Å². The predicted molar refractivity (Wildman–Crippen MR) is 80.3 cm³/mol. The molecular formula is C17H23N3. The summed E-state index contributed by atoms with van der Waals surface area (Å²) in [6, 6.07) is 10.4. The molecule has 0 unspecified atom stereocenters. The summed E-state index contributed by atoms with van der Waals surface area (Å²) < 4.78 is 0. The van der Waals surface area contributed by atoms with Crippen molar-refractivity contribution in [2.75, 3.05) is 19.6 Å². The van der Waals surface area contributed by atoms with E-state index < -0.39 is 0 Å². The van der Waals surface area contributed by atoms with Crippen LogP contribution in [0.4, 0.5) is 0 Å². The maximum atomic E-state index is 9.27. The zero-order chi connectivity index (χ0) is 13.8. The van der Waals surface area contributed by atoms with E-state index in [2.05, 4.69) is 22.4 Å². The maximum absolute atomic E-state index is 9.27. The first-order valence-corrected chi connectivity index (χ1v) is 7.78. The van der Waals surface area contributed by atoms with Gasteiger partial charge in [-0.2, -0.15) is 5.26 Å². The van der Waals surface area contributed by atoms with Crippen molar-refractivity contribution in [2.45, 2.75) is 44.2 Å². The third-order valence-electron chi connectivity index (χ3n) is 4.97. The fraction of sp³-hybridized carbons (Fsp3) is 0.588. The lowest BCUT2D eigenvalue weighted by molar-refractivity contribution is 0.0208. The standard InChI is InChI=1S/C17H23N3/c18-12-15-6-2-3-7-16(15)13-20-11-10-19-14-17(20)8-4-1-5-9-17/h2-3,6-7,19H,1,4-5,8-11,13-14H2. The van der Waals surface area contributed by atoms with Gasteiger partial charge < -0.3 is 5.32 Å². The van der Waals surface area contributed by atoms with Crippen LogP contribution < -0.4 is 5.32 Å². The van der Waals surface area contributed by atoms with Crippen molar-refractivity contribution in [1.29, 1.82) is 5.26 Å². The largest absolute Gasteiger partial charge is 0.314 e. The Bertz CT molecular complexity index is 489. The first kappa shape index (κ1) is 13.6. The molecule has 2 fully saturated rings. The van der Waals surface area contributed by atoms with Crippen molar-refractivity contribution in [3.05, 3.63) is 35.4 Å². The van der Waals surface area contributed by atoms with E-state index in [1.807, 2.05) is 18.2 Å². The minimum atomic E-state index is 0.332. The van der Waals surface area contributed by atoms with Crippen LogP contribution in [-0.4, -0.2) is 30.1 Å². The fourth-order valence-corrected chi connectivity index (χ4v) is 3.81. The molecule has 1 spiro atoms. The Morgan fingerprint density at radius 1 is 1.20 bits per heavy atom. The zero-order valence-corrected chi connectivity index (χ0v) is 12.1. The highest BCUT2D eigenvalue weighted by Crippen LogP contribution is 2.35. The fourth-order valence-electron chi connectivity index (χ4n) is 3.81. The SMILES string of the molecule is N#Cc1ccccc1CN1CCNCC12CCCCC2. The summed E-state index contributed by atoms with van der Waals surface area (Å²) in [4.78, 5) is 2.64. The van der Waals surface area contributed by atoms with E-state index in [4.69, 9.17) is 0 Å². The highest BCUT2D eigenvalue weighted by Gasteiger charge is 2.39. The van der Waals surface area contributed by atoms with E-state index in [1.54, 1.807) is 0 Å². The summed E-state index contributed by atoms with van der Waals surface area (Å²) in [5.74, 6) is 0. The van der Waals surface area contributed by atoms with Gasteiger partial charge in [-0.1, -0.05) is 37.5 Å². The average molecular weight is 269 g/mol. The summed E-state index contributed by atoms with van der Waals surface area (Å²) in [6.07, 6.45) is 6.67. The Labute approximate surface area is 121 Å². The van der Waals surface area contributed by atoms with Crippen LogP contribution in [0.5, 0.6) is 0 Å². The molecule has 1 aromatic carbocycles. The third-order valence-corrected chi connectivity index (χ3v) is 4.97. The first-order valence-electron chi connectivity index (χ1n) is 7.78. The number of hydrogen-bond donors (Lipinski definition) is 1. The second kappa shape index (κ2) is 5.95. The molecule has 3 nitrogen and oxygen atoms in total. The molecule has 0 atom stereocenters. The van der Waals surface area contributed by atoms with Crippen molar-refractivity contribution in [3.63, 3.8) is 0 Å². The van der Waals surface area contributed by atoms with Crippen LogP contribution in [0.1, 0.15) is 43.2 Å². The summed E-state index contributed by atoms with van der Waals surface area (Å²) in [5, 5.41) is 12.9. The van der Waals surface area contributed by atoms with Crippen molar-refractivity contribution < 1.29 is 0 Å². The van der Waals surface area contributed by atoms with E-state index in [1.165, 1.54) is 37.7 Å². The van der Waals surface area contributed by atoms with Crippen molar-refractivity contribution in [3.8, 4) is 6.07 Å².